The van der Waals surface area contributed by atoms with Gasteiger partial charge in [-0.3, -0.25) is 0 Å². The standard InChI is InChI=1S/C51H33N3O2/c1-3-11-32(12-4-1)33-21-23-34(24-22-33)35-25-27-36(28-26-35)38-29-30-41-46(31-38)55-45-20-10-17-42(47(41)45)50-52-49(37-13-5-2-6-14-37)53-51(54-50)43-18-9-16-40-39-15-7-8-19-44(39)56-48(40)43/h1-11,13-32H,12H2. The molecule has 0 spiro atoms. The van der Waals surface area contributed by atoms with Gasteiger partial charge in [0.2, 0.25) is 0 Å². The van der Waals surface area contributed by atoms with Crippen LogP contribution in [0.25, 0.3) is 100 Å². The first-order valence-electron chi connectivity index (χ1n) is 19.0. The molecule has 0 aliphatic heterocycles. The Kier molecular flexibility index (Phi) is 7.56. The fourth-order valence-corrected chi connectivity index (χ4v) is 8.05. The maximum atomic E-state index is 6.56. The van der Waals surface area contributed by atoms with Crippen molar-refractivity contribution in [2.45, 2.75) is 12.3 Å². The van der Waals surface area contributed by atoms with Gasteiger partial charge in [-0.25, -0.2) is 15.0 Å². The highest BCUT2D eigenvalue weighted by atomic mass is 16.3. The van der Waals surface area contributed by atoms with Gasteiger partial charge < -0.3 is 8.83 Å². The van der Waals surface area contributed by atoms with E-state index in [1.165, 1.54) is 16.7 Å². The van der Waals surface area contributed by atoms with Crippen LogP contribution in [0.3, 0.4) is 0 Å². The van der Waals surface area contributed by atoms with Crippen LogP contribution in [-0.2, 0) is 0 Å². The third-order valence-electron chi connectivity index (χ3n) is 10.9. The van der Waals surface area contributed by atoms with Crippen LogP contribution in [0, 0.1) is 0 Å². The molecule has 3 heterocycles. The molecule has 11 rings (SSSR count). The molecule has 0 N–H and O–H groups in total. The van der Waals surface area contributed by atoms with E-state index in [0.717, 1.165) is 78.1 Å². The summed E-state index contributed by atoms with van der Waals surface area (Å²) in [5, 5.41) is 4.05. The summed E-state index contributed by atoms with van der Waals surface area (Å²) < 4.78 is 13.0. The van der Waals surface area contributed by atoms with E-state index in [9.17, 15) is 0 Å². The molecule has 0 saturated carbocycles. The van der Waals surface area contributed by atoms with E-state index in [1.807, 2.05) is 72.8 Å². The van der Waals surface area contributed by atoms with Gasteiger partial charge in [0.05, 0.1) is 5.56 Å². The highest BCUT2D eigenvalue weighted by Gasteiger charge is 2.20. The first kappa shape index (κ1) is 32.1. The molecule has 0 amide bonds. The van der Waals surface area contributed by atoms with Gasteiger partial charge in [-0.15, -0.1) is 0 Å². The van der Waals surface area contributed by atoms with Crippen molar-refractivity contribution in [3.8, 4) is 56.4 Å². The summed E-state index contributed by atoms with van der Waals surface area (Å²) in [7, 11) is 0. The molecule has 5 nitrogen and oxygen atoms in total. The maximum Gasteiger partial charge on any atom is 0.167 e. The van der Waals surface area contributed by atoms with Crippen LogP contribution < -0.4 is 0 Å². The van der Waals surface area contributed by atoms with E-state index in [1.54, 1.807) is 0 Å². The molecule has 1 unspecified atom stereocenters. The van der Waals surface area contributed by atoms with Gasteiger partial charge in [0.25, 0.3) is 0 Å². The molecule has 1 aliphatic rings. The van der Waals surface area contributed by atoms with Gasteiger partial charge >= 0.3 is 0 Å². The molecule has 0 bridgehead atoms. The van der Waals surface area contributed by atoms with Gasteiger partial charge in [0.15, 0.2) is 17.5 Å². The van der Waals surface area contributed by atoms with Crippen LogP contribution in [0.5, 0.6) is 0 Å². The molecule has 10 aromatic rings. The predicted molar refractivity (Wildman–Crippen MR) is 227 cm³/mol. The number of hydrogen-bond donors (Lipinski definition) is 0. The number of rotatable bonds is 6. The van der Waals surface area contributed by atoms with Crippen molar-refractivity contribution in [2.24, 2.45) is 0 Å². The Balaban J connectivity index is 0.983. The second-order valence-corrected chi connectivity index (χ2v) is 14.3. The Labute approximate surface area is 322 Å². The van der Waals surface area contributed by atoms with Crippen molar-refractivity contribution in [2.75, 3.05) is 0 Å². The number of benzene rings is 7. The van der Waals surface area contributed by atoms with Crippen molar-refractivity contribution in [3.63, 3.8) is 0 Å². The van der Waals surface area contributed by atoms with Crippen LogP contribution in [-0.4, -0.2) is 15.0 Å². The van der Waals surface area contributed by atoms with E-state index in [-0.39, 0.29) is 0 Å². The predicted octanol–water partition coefficient (Wildman–Crippen LogP) is 13.6. The minimum absolute atomic E-state index is 0.450. The van der Waals surface area contributed by atoms with Crippen LogP contribution in [0.15, 0.2) is 191 Å². The van der Waals surface area contributed by atoms with E-state index in [2.05, 4.69) is 109 Å². The molecule has 1 aliphatic carbocycles. The average Bonchev–Trinajstić information content (AvgIpc) is 3.85. The van der Waals surface area contributed by atoms with Crippen molar-refractivity contribution in [3.05, 3.63) is 188 Å². The molecule has 0 fully saturated rings. The number of fused-ring (bicyclic) bond motifs is 6. The zero-order chi connectivity index (χ0) is 37.0. The maximum absolute atomic E-state index is 6.56. The lowest BCUT2D eigenvalue weighted by molar-refractivity contribution is 0.668. The third kappa shape index (κ3) is 5.52. The Hall–Kier alpha value is -7.37. The highest BCUT2D eigenvalue weighted by Crippen LogP contribution is 2.40. The molecule has 3 aromatic heterocycles. The second kappa shape index (κ2) is 13.2. The largest absolute Gasteiger partial charge is 0.456 e. The molecular weight excluding hydrogens is 687 g/mol. The summed E-state index contributed by atoms with van der Waals surface area (Å²) in [6.07, 6.45) is 9.82. The first-order chi connectivity index (χ1) is 27.7. The fraction of sp³-hybridized carbons (Fsp3) is 0.0392. The third-order valence-corrected chi connectivity index (χ3v) is 10.9. The first-order valence-corrected chi connectivity index (χ1v) is 19.0. The summed E-state index contributed by atoms with van der Waals surface area (Å²) in [5.74, 6) is 2.15. The molecule has 0 radical (unpaired) electrons. The van der Waals surface area contributed by atoms with Crippen LogP contribution in [0.1, 0.15) is 17.9 Å². The second-order valence-electron chi connectivity index (χ2n) is 14.3. The van der Waals surface area contributed by atoms with E-state index in [4.69, 9.17) is 23.8 Å². The minimum atomic E-state index is 0.450. The topological polar surface area (TPSA) is 65.0 Å². The summed E-state index contributed by atoms with van der Waals surface area (Å²) in [6, 6.07) is 54.5. The van der Waals surface area contributed by atoms with E-state index < -0.39 is 0 Å². The normalized spacial score (nSPS) is 14.0. The SMILES string of the molecule is C1=CCC(c2ccc(-c3ccc(-c4ccc5c(c4)oc4cccc(-c6nc(-c7ccccc7)nc(-c7cccc8c7oc7ccccc78)n6)c45)cc3)cc2)C=C1. The lowest BCUT2D eigenvalue weighted by atomic mass is 9.91. The fourth-order valence-electron chi connectivity index (χ4n) is 8.05. The monoisotopic (exact) mass is 719 g/mol. The Morgan fingerprint density at radius 1 is 0.429 bits per heavy atom. The van der Waals surface area contributed by atoms with Gasteiger partial charge in [0.1, 0.15) is 22.3 Å². The Bertz CT molecular complexity index is 3150. The molecule has 264 valence electrons. The smallest absolute Gasteiger partial charge is 0.167 e. The number of hydrogen-bond acceptors (Lipinski definition) is 5. The van der Waals surface area contributed by atoms with Crippen LogP contribution >= 0.6 is 0 Å². The molecule has 5 heteroatoms. The number of allylic oxidation sites excluding steroid dienone is 4. The van der Waals surface area contributed by atoms with Crippen LogP contribution in [0.2, 0.25) is 0 Å². The highest BCUT2D eigenvalue weighted by molar-refractivity contribution is 6.13. The minimum Gasteiger partial charge on any atom is -0.456 e. The summed E-state index contributed by atoms with van der Waals surface area (Å²) in [4.78, 5) is 15.3. The van der Waals surface area contributed by atoms with Crippen molar-refractivity contribution in [1.82, 2.24) is 15.0 Å². The Morgan fingerprint density at radius 2 is 1.07 bits per heavy atom. The molecular formula is C51H33N3O2. The lowest BCUT2D eigenvalue weighted by Crippen LogP contribution is -2.00. The number of aromatic nitrogens is 3. The summed E-state index contributed by atoms with van der Waals surface area (Å²) in [5.41, 5.74) is 11.7. The molecule has 56 heavy (non-hydrogen) atoms. The van der Waals surface area contributed by atoms with Gasteiger partial charge in [-0.05, 0) is 64.6 Å². The van der Waals surface area contributed by atoms with Crippen molar-refractivity contribution >= 4 is 43.9 Å². The van der Waals surface area contributed by atoms with Crippen LogP contribution in [0.4, 0.5) is 0 Å². The number of para-hydroxylation sites is 2. The van der Waals surface area contributed by atoms with E-state index in [0.29, 0.717) is 23.4 Å². The van der Waals surface area contributed by atoms with E-state index >= 15 is 0 Å². The zero-order valence-corrected chi connectivity index (χ0v) is 30.3. The lowest BCUT2D eigenvalue weighted by Gasteiger charge is -2.14. The Morgan fingerprint density at radius 3 is 1.88 bits per heavy atom. The van der Waals surface area contributed by atoms with Crippen molar-refractivity contribution in [1.29, 1.82) is 0 Å². The van der Waals surface area contributed by atoms with Gasteiger partial charge in [-0.2, -0.15) is 0 Å². The average molecular weight is 720 g/mol. The zero-order valence-electron chi connectivity index (χ0n) is 30.3. The molecule has 0 saturated heterocycles. The number of furan rings is 2. The van der Waals surface area contributed by atoms with Gasteiger partial charge in [-0.1, -0.05) is 152 Å². The molecule has 7 aromatic carbocycles. The summed E-state index contributed by atoms with van der Waals surface area (Å²) >= 11 is 0. The van der Waals surface area contributed by atoms with Gasteiger partial charge in [0, 0.05) is 38.6 Å². The summed E-state index contributed by atoms with van der Waals surface area (Å²) in [6.45, 7) is 0. The van der Waals surface area contributed by atoms with Crippen molar-refractivity contribution < 1.29 is 8.83 Å². The number of nitrogens with zero attached hydrogens (tertiary/aromatic N) is 3. The quantitative estimate of drug-likeness (QED) is 0.171. The molecule has 1 atom stereocenters.